The summed E-state index contributed by atoms with van der Waals surface area (Å²) >= 11 is 0. The highest BCUT2D eigenvalue weighted by Crippen LogP contribution is 2.50. The van der Waals surface area contributed by atoms with E-state index >= 15 is 0 Å². The molecule has 6 rings (SSSR count). The number of rotatable bonds is 7. The van der Waals surface area contributed by atoms with E-state index in [0.717, 1.165) is 66.0 Å². The van der Waals surface area contributed by atoms with Crippen LogP contribution in [-0.4, -0.2) is 70.8 Å². The molecular weight excluding hydrogens is 518 g/mol. The molecule has 0 spiro atoms. The Balaban J connectivity index is 1.29. The maximum absolute atomic E-state index is 14.3. The average Bonchev–Trinajstić information content (AvgIpc) is 3.38. The van der Waals surface area contributed by atoms with E-state index in [4.69, 9.17) is 4.74 Å². The first-order valence-corrected chi connectivity index (χ1v) is 14.9. The summed E-state index contributed by atoms with van der Waals surface area (Å²) in [6, 6.07) is 11.7. The quantitative estimate of drug-likeness (QED) is 0.462. The van der Waals surface area contributed by atoms with Crippen LogP contribution >= 0.6 is 0 Å². The van der Waals surface area contributed by atoms with Crippen LogP contribution in [-0.2, 0) is 32.8 Å². The number of amides is 3. The van der Waals surface area contributed by atoms with E-state index in [-0.39, 0.29) is 24.1 Å². The molecule has 9 heteroatoms. The molecule has 2 saturated heterocycles. The predicted molar refractivity (Wildman–Crippen MR) is 155 cm³/mol. The minimum Gasteiger partial charge on any atom is -0.497 e. The number of hydrogen-bond acceptors (Lipinski definition) is 5. The number of carbonyl (C=O) groups excluding carboxylic acids is 3. The van der Waals surface area contributed by atoms with Gasteiger partial charge in [-0.25, -0.2) is 0 Å². The SMILES string of the molecule is COc1ccc2[nH]c3c(c2c1)CCN1C(=O)C(CC(=O)NCCc2ccccn2)C[C@H](C(=O)N2CCCCC2)[C@@]31C. The molecule has 2 N–H and O–H groups in total. The minimum absolute atomic E-state index is 0.0445. The Bertz CT molecular complexity index is 1450. The van der Waals surface area contributed by atoms with Crippen molar-refractivity contribution >= 4 is 28.6 Å². The fourth-order valence-electron chi connectivity index (χ4n) is 7.19. The van der Waals surface area contributed by atoms with Crippen LogP contribution < -0.4 is 10.1 Å². The molecule has 3 amide bonds. The van der Waals surface area contributed by atoms with Crippen LogP contribution in [0.15, 0.2) is 42.6 Å². The zero-order chi connectivity index (χ0) is 28.6. The lowest BCUT2D eigenvalue weighted by Gasteiger charge is -2.54. The Morgan fingerprint density at radius 3 is 2.73 bits per heavy atom. The lowest BCUT2D eigenvalue weighted by Crippen LogP contribution is -2.64. The summed E-state index contributed by atoms with van der Waals surface area (Å²) in [4.78, 5) is 53.1. The predicted octanol–water partition coefficient (Wildman–Crippen LogP) is 3.57. The number of fused-ring (bicyclic) bond motifs is 5. The normalized spacial score (nSPS) is 24.1. The molecule has 5 heterocycles. The molecule has 1 unspecified atom stereocenters. The highest BCUT2D eigenvalue weighted by molar-refractivity contribution is 5.93. The maximum Gasteiger partial charge on any atom is 0.228 e. The number of likely N-dealkylation sites (tertiary alicyclic amines) is 1. The van der Waals surface area contributed by atoms with Crippen molar-refractivity contribution in [2.75, 3.05) is 33.3 Å². The van der Waals surface area contributed by atoms with Crippen LogP contribution in [0.4, 0.5) is 0 Å². The molecule has 2 fully saturated rings. The van der Waals surface area contributed by atoms with Gasteiger partial charge in [0.2, 0.25) is 17.7 Å². The van der Waals surface area contributed by atoms with E-state index in [9.17, 15) is 14.4 Å². The molecule has 1 aromatic carbocycles. The summed E-state index contributed by atoms with van der Waals surface area (Å²) < 4.78 is 5.49. The Hall–Kier alpha value is -3.88. The van der Waals surface area contributed by atoms with Crippen molar-refractivity contribution in [3.05, 3.63) is 59.5 Å². The van der Waals surface area contributed by atoms with E-state index in [1.165, 1.54) is 0 Å². The molecule has 3 atom stereocenters. The van der Waals surface area contributed by atoms with Gasteiger partial charge in [-0.3, -0.25) is 19.4 Å². The number of nitrogens with one attached hydrogen (secondary N) is 2. The van der Waals surface area contributed by atoms with Gasteiger partial charge in [-0.1, -0.05) is 6.07 Å². The van der Waals surface area contributed by atoms with E-state index < -0.39 is 17.4 Å². The van der Waals surface area contributed by atoms with Gasteiger partial charge >= 0.3 is 0 Å². The van der Waals surface area contributed by atoms with Gasteiger partial charge in [0.25, 0.3) is 0 Å². The van der Waals surface area contributed by atoms with Gasteiger partial charge < -0.3 is 24.8 Å². The van der Waals surface area contributed by atoms with Gasteiger partial charge in [0.1, 0.15) is 5.75 Å². The number of methoxy groups -OCH3 is 1. The third-order valence-corrected chi connectivity index (χ3v) is 9.41. The molecular formula is C32H39N5O4. The second-order valence-electron chi connectivity index (χ2n) is 11.8. The van der Waals surface area contributed by atoms with E-state index in [2.05, 4.69) is 15.3 Å². The smallest absolute Gasteiger partial charge is 0.228 e. The van der Waals surface area contributed by atoms with Crippen molar-refractivity contribution in [1.29, 1.82) is 0 Å². The van der Waals surface area contributed by atoms with Crippen LogP contribution in [0.3, 0.4) is 0 Å². The van der Waals surface area contributed by atoms with Crippen molar-refractivity contribution in [2.24, 2.45) is 11.8 Å². The number of piperidine rings is 2. The maximum atomic E-state index is 14.3. The molecule has 0 saturated carbocycles. The first-order chi connectivity index (χ1) is 19.9. The molecule has 3 aromatic rings. The van der Waals surface area contributed by atoms with Crippen molar-refractivity contribution in [3.8, 4) is 5.75 Å². The second-order valence-corrected chi connectivity index (χ2v) is 11.8. The number of hydrogen-bond donors (Lipinski definition) is 2. The second kappa shape index (κ2) is 11.2. The number of H-pyrrole nitrogens is 1. The van der Waals surface area contributed by atoms with Crippen molar-refractivity contribution in [3.63, 3.8) is 0 Å². The Morgan fingerprint density at radius 1 is 1.15 bits per heavy atom. The van der Waals surface area contributed by atoms with Crippen molar-refractivity contribution in [1.82, 2.24) is 25.1 Å². The number of ether oxygens (including phenoxy) is 1. The summed E-state index contributed by atoms with van der Waals surface area (Å²) in [7, 11) is 1.66. The molecule has 3 aliphatic rings. The third-order valence-electron chi connectivity index (χ3n) is 9.41. The summed E-state index contributed by atoms with van der Waals surface area (Å²) in [5.41, 5.74) is 3.15. The number of benzene rings is 1. The zero-order valence-electron chi connectivity index (χ0n) is 23.9. The summed E-state index contributed by atoms with van der Waals surface area (Å²) in [5.74, 6) is -0.322. The molecule has 0 bridgehead atoms. The molecule has 41 heavy (non-hydrogen) atoms. The van der Waals surface area contributed by atoms with Gasteiger partial charge in [-0.15, -0.1) is 0 Å². The fourth-order valence-corrected chi connectivity index (χ4v) is 7.19. The van der Waals surface area contributed by atoms with Crippen LogP contribution in [0, 0.1) is 11.8 Å². The largest absolute Gasteiger partial charge is 0.497 e. The van der Waals surface area contributed by atoms with Gasteiger partial charge in [-0.2, -0.15) is 0 Å². The number of nitrogens with zero attached hydrogens (tertiary/aromatic N) is 3. The lowest BCUT2D eigenvalue weighted by atomic mass is 9.67. The molecule has 9 nitrogen and oxygen atoms in total. The highest BCUT2D eigenvalue weighted by atomic mass is 16.5. The minimum atomic E-state index is -0.822. The molecule has 216 valence electrons. The van der Waals surface area contributed by atoms with Crippen LogP contribution in [0.1, 0.15) is 56.0 Å². The number of aromatic nitrogens is 2. The summed E-state index contributed by atoms with van der Waals surface area (Å²) in [6.45, 7) is 4.50. The zero-order valence-corrected chi connectivity index (χ0v) is 23.9. The first kappa shape index (κ1) is 27.3. The van der Waals surface area contributed by atoms with Crippen LogP contribution in [0.2, 0.25) is 0 Å². The number of aromatic amines is 1. The molecule has 0 aliphatic carbocycles. The van der Waals surface area contributed by atoms with Gasteiger partial charge in [0.05, 0.1) is 18.6 Å². The van der Waals surface area contributed by atoms with Gasteiger partial charge in [0, 0.05) is 73.4 Å². The highest BCUT2D eigenvalue weighted by Gasteiger charge is 2.57. The Morgan fingerprint density at radius 2 is 1.98 bits per heavy atom. The Kier molecular flexibility index (Phi) is 7.45. The lowest BCUT2D eigenvalue weighted by molar-refractivity contribution is -0.164. The first-order valence-electron chi connectivity index (χ1n) is 14.9. The fraction of sp³-hybridized carbons (Fsp3) is 0.500. The van der Waals surface area contributed by atoms with Crippen LogP contribution in [0.25, 0.3) is 10.9 Å². The van der Waals surface area contributed by atoms with E-state index in [1.807, 2.05) is 53.1 Å². The van der Waals surface area contributed by atoms with Gasteiger partial charge in [-0.05, 0) is 74.9 Å². The summed E-state index contributed by atoms with van der Waals surface area (Å²) in [5, 5.41) is 4.04. The molecule has 2 aromatic heterocycles. The number of carbonyl (C=O) groups is 3. The summed E-state index contributed by atoms with van der Waals surface area (Å²) in [6.07, 6.45) is 6.60. The Labute approximate surface area is 240 Å². The van der Waals surface area contributed by atoms with E-state index in [1.54, 1.807) is 13.3 Å². The number of pyridine rings is 1. The van der Waals surface area contributed by atoms with Crippen LogP contribution in [0.5, 0.6) is 5.75 Å². The third kappa shape index (κ3) is 4.96. The van der Waals surface area contributed by atoms with Crippen molar-refractivity contribution in [2.45, 2.75) is 57.4 Å². The average molecular weight is 558 g/mol. The molecule has 0 radical (unpaired) electrons. The molecule has 3 aliphatic heterocycles. The van der Waals surface area contributed by atoms with Crippen molar-refractivity contribution < 1.29 is 19.1 Å². The van der Waals surface area contributed by atoms with E-state index in [0.29, 0.717) is 32.4 Å². The monoisotopic (exact) mass is 557 g/mol. The van der Waals surface area contributed by atoms with Gasteiger partial charge in [0.15, 0.2) is 0 Å². The topological polar surface area (TPSA) is 108 Å². The standard InChI is InChI=1S/C32H39N5O4/c1-32-26(31(40)36-15-6-3-7-16-36)18-21(19-28(38)34-14-11-22-8-4-5-13-33-22)30(39)37(32)17-12-24-25-20-23(41-2)9-10-27(25)35-29(24)32/h4-5,8-10,13,20-21,26,35H,3,6-7,11-12,14-19H2,1-2H3,(H,34,38)/t21?,26-,32+/m1/s1.